The molecule has 0 bridgehead atoms. The number of hydrogen-bond acceptors (Lipinski definition) is 2. The van der Waals surface area contributed by atoms with E-state index in [1.807, 2.05) is 18.5 Å². The molecule has 0 fully saturated rings. The number of fused-ring (bicyclic) bond motifs is 1. The van der Waals surface area contributed by atoms with E-state index >= 15 is 0 Å². The highest BCUT2D eigenvalue weighted by atomic mass is 32.1. The van der Waals surface area contributed by atoms with Crippen LogP contribution < -0.4 is 0 Å². The molecule has 1 aliphatic rings. The van der Waals surface area contributed by atoms with Crippen molar-refractivity contribution < 1.29 is 5.11 Å². The Labute approximate surface area is 105 Å². The minimum Gasteiger partial charge on any atom is -0.383 e. The Balaban J connectivity index is 1.89. The Bertz CT molecular complexity index is 463. The Morgan fingerprint density at radius 1 is 1.24 bits per heavy atom. The molecule has 0 saturated carbocycles. The molecule has 0 saturated heterocycles. The summed E-state index contributed by atoms with van der Waals surface area (Å²) in [5.41, 5.74) is 2.43. The number of thiophene rings is 1. The van der Waals surface area contributed by atoms with Crippen LogP contribution in [-0.2, 0) is 12.8 Å². The lowest BCUT2D eigenvalue weighted by molar-refractivity contribution is 0.224. The maximum Gasteiger partial charge on any atom is 0.115 e. The molecule has 2 nitrogen and oxygen atoms in total. The number of aryl methyl sites for hydroxylation is 2. The maximum absolute atomic E-state index is 10.3. The SMILES string of the molecule is OC(c1cc[nH]c1)c1cc2c(s1)CCCCC2. The summed E-state index contributed by atoms with van der Waals surface area (Å²) in [4.78, 5) is 5.58. The summed E-state index contributed by atoms with van der Waals surface area (Å²) < 4.78 is 0. The predicted molar refractivity (Wildman–Crippen MR) is 70.4 cm³/mol. The van der Waals surface area contributed by atoms with Gasteiger partial charge in [0.25, 0.3) is 0 Å². The molecule has 2 heterocycles. The third-order valence-corrected chi connectivity index (χ3v) is 4.76. The Morgan fingerprint density at radius 2 is 2.12 bits per heavy atom. The van der Waals surface area contributed by atoms with Crippen molar-refractivity contribution in [3.8, 4) is 0 Å². The lowest BCUT2D eigenvalue weighted by Gasteiger charge is -2.05. The average Bonchev–Trinajstić information content (AvgIpc) is 2.95. The van der Waals surface area contributed by atoms with E-state index in [-0.39, 0.29) is 0 Å². The number of aliphatic hydroxyl groups is 1. The third kappa shape index (κ3) is 2.17. The molecule has 2 N–H and O–H groups in total. The minimum absolute atomic E-state index is 0.460. The van der Waals surface area contributed by atoms with E-state index in [9.17, 15) is 5.11 Å². The van der Waals surface area contributed by atoms with Gasteiger partial charge in [0.05, 0.1) is 0 Å². The number of aromatic nitrogens is 1. The summed E-state index contributed by atoms with van der Waals surface area (Å²) >= 11 is 1.79. The first kappa shape index (κ1) is 11.1. The van der Waals surface area contributed by atoms with Crippen LogP contribution in [0.4, 0.5) is 0 Å². The number of aliphatic hydroxyl groups excluding tert-OH is 1. The van der Waals surface area contributed by atoms with Crippen LogP contribution in [-0.4, -0.2) is 10.1 Å². The van der Waals surface area contributed by atoms with Gasteiger partial charge >= 0.3 is 0 Å². The molecule has 0 radical (unpaired) electrons. The molecule has 90 valence electrons. The highest BCUT2D eigenvalue weighted by molar-refractivity contribution is 7.12. The average molecular weight is 247 g/mol. The van der Waals surface area contributed by atoms with Crippen molar-refractivity contribution in [1.29, 1.82) is 0 Å². The van der Waals surface area contributed by atoms with Crippen molar-refractivity contribution in [3.63, 3.8) is 0 Å². The van der Waals surface area contributed by atoms with Crippen LogP contribution in [0, 0.1) is 0 Å². The van der Waals surface area contributed by atoms with Gasteiger partial charge in [0.1, 0.15) is 6.10 Å². The standard InChI is InChI=1S/C14H17NOS/c16-14(11-6-7-15-9-11)13-8-10-4-2-1-3-5-12(10)17-13/h6-9,14-16H,1-5H2. The number of hydrogen-bond donors (Lipinski definition) is 2. The van der Waals surface area contributed by atoms with Gasteiger partial charge in [0, 0.05) is 27.7 Å². The lowest BCUT2D eigenvalue weighted by Crippen LogP contribution is -1.94. The Hall–Kier alpha value is -1.06. The van der Waals surface area contributed by atoms with Gasteiger partial charge in [-0.15, -0.1) is 11.3 Å². The summed E-state index contributed by atoms with van der Waals surface area (Å²) in [6, 6.07) is 4.15. The first-order valence-electron chi connectivity index (χ1n) is 6.27. The Kier molecular flexibility index (Phi) is 3.04. The highest BCUT2D eigenvalue weighted by Gasteiger charge is 2.18. The summed E-state index contributed by atoms with van der Waals surface area (Å²) in [6.07, 6.45) is 9.59. The van der Waals surface area contributed by atoms with Crippen LogP contribution in [0.1, 0.15) is 46.2 Å². The van der Waals surface area contributed by atoms with E-state index < -0.39 is 6.10 Å². The van der Waals surface area contributed by atoms with Crippen LogP contribution in [0.5, 0.6) is 0 Å². The quantitative estimate of drug-likeness (QED) is 0.784. The van der Waals surface area contributed by atoms with E-state index in [0.717, 1.165) is 10.4 Å². The van der Waals surface area contributed by atoms with Crippen molar-refractivity contribution in [2.75, 3.05) is 0 Å². The van der Waals surface area contributed by atoms with Crippen LogP contribution in [0.2, 0.25) is 0 Å². The van der Waals surface area contributed by atoms with Gasteiger partial charge in [0.15, 0.2) is 0 Å². The molecule has 3 rings (SSSR count). The molecule has 0 amide bonds. The topological polar surface area (TPSA) is 36.0 Å². The van der Waals surface area contributed by atoms with E-state index in [0.29, 0.717) is 0 Å². The predicted octanol–water partition coefficient (Wildman–Crippen LogP) is 3.43. The van der Waals surface area contributed by atoms with Crippen LogP contribution >= 0.6 is 11.3 Å². The normalized spacial score (nSPS) is 17.5. The fraction of sp³-hybridized carbons (Fsp3) is 0.429. The monoisotopic (exact) mass is 247 g/mol. The van der Waals surface area contributed by atoms with Crippen LogP contribution in [0.15, 0.2) is 24.5 Å². The smallest absolute Gasteiger partial charge is 0.115 e. The van der Waals surface area contributed by atoms with E-state index in [4.69, 9.17) is 0 Å². The molecule has 1 unspecified atom stereocenters. The maximum atomic E-state index is 10.3. The van der Waals surface area contributed by atoms with Gasteiger partial charge in [0.2, 0.25) is 0 Å². The second-order valence-corrected chi connectivity index (χ2v) is 5.87. The zero-order chi connectivity index (χ0) is 11.7. The zero-order valence-corrected chi connectivity index (χ0v) is 10.6. The molecule has 2 aromatic heterocycles. The number of aromatic amines is 1. The van der Waals surface area contributed by atoms with Crippen LogP contribution in [0.25, 0.3) is 0 Å². The number of H-pyrrole nitrogens is 1. The third-order valence-electron chi connectivity index (χ3n) is 3.47. The molecule has 0 aromatic carbocycles. The Morgan fingerprint density at radius 3 is 2.94 bits per heavy atom. The van der Waals surface area contributed by atoms with Gasteiger partial charge in [-0.2, -0.15) is 0 Å². The van der Waals surface area contributed by atoms with Gasteiger partial charge in [-0.3, -0.25) is 0 Å². The summed E-state index contributed by atoms with van der Waals surface area (Å²) in [5.74, 6) is 0. The second kappa shape index (κ2) is 4.67. The van der Waals surface area contributed by atoms with E-state index in [1.54, 1.807) is 11.3 Å². The summed E-state index contributed by atoms with van der Waals surface area (Å²) in [5, 5.41) is 10.3. The highest BCUT2D eigenvalue weighted by Crippen LogP contribution is 2.34. The number of nitrogens with one attached hydrogen (secondary N) is 1. The van der Waals surface area contributed by atoms with E-state index in [1.165, 1.54) is 42.5 Å². The van der Waals surface area contributed by atoms with Gasteiger partial charge in [-0.1, -0.05) is 6.42 Å². The summed E-state index contributed by atoms with van der Waals surface area (Å²) in [6.45, 7) is 0. The molecule has 1 aliphatic carbocycles. The van der Waals surface area contributed by atoms with Gasteiger partial charge < -0.3 is 10.1 Å². The van der Waals surface area contributed by atoms with E-state index in [2.05, 4.69) is 11.1 Å². The number of rotatable bonds is 2. The van der Waals surface area contributed by atoms with Crippen molar-refractivity contribution in [2.45, 2.75) is 38.2 Å². The zero-order valence-electron chi connectivity index (χ0n) is 9.78. The first-order chi connectivity index (χ1) is 8.34. The minimum atomic E-state index is -0.460. The molecule has 0 aliphatic heterocycles. The molecule has 0 spiro atoms. The first-order valence-corrected chi connectivity index (χ1v) is 7.08. The molecule has 1 atom stereocenters. The molecule has 17 heavy (non-hydrogen) atoms. The van der Waals surface area contributed by atoms with Crippen molar-refractivity contribution >= 4 is 11.3 Å². The molecule has 2 aromatic rings. The molecule has 3 heteroatoms. The fourth-order valence-corrected chi connectivity index (χ4v) is 3.77. The van der Waals surface area contributed by atoms with Crippen LogP contribution in [0.3, 0.4) is 0 Å². The second-order valence-electron chi connectivity index (χ2n) is 4.70. The molecular weight excluding hydrogens is 230 g/mol. The molecular formula is C14H17NOS. The van der Waals surface area contributed by atoms with Crippen molar-refractivity contribution in [3.05, 3.63) is 45.4 Å². The largest absolute Gasteiger partial charge is 0.383 e. The van der Waals surface area contributed by atoms with Crippen molar-refractivity contribution in [2.24, 2.45) is 0 Å². The lowest BCUT2D eigenvalue weighted by atomic mass is 10.1. The summed E-state index contributed by atoms with van der Waals surface area (Å²) in [7, 11) is 0. The van der Waals surface area contributed by atoms with Gasteiger partial charge in [-0.25, -0.2) is 0 Å². The van der Waals surface area contributed by atoms with Gasteiger partial charge in [-0.05, 0) is 43.4 Å². The fourth-order valence-electron chi connectivity index (χ4n) is 2.50. The van der Waals surface area contributed by atoms with Crippen molar-refractivity contribution in [1.82, 2.24) is 4.98 Å².